The largest absolute Gasteiger partial charge is 0.318 e. The zero-order valence-electron chi connectivity index (χ0n) is 12.5. The summed E-state index contributed by atoms with van der Waals surface area (Å²) in [5, 5.41) is 4.41. The number of aromatic amines is 2. The number of aromatic nitrogens is 3. The number of nitrogens with zero attached hydrogens (tertiary/aromatic N) is 1. The fraction of sp³-hybridized carbons (Fsp3) is 0.0667. The highest BCUT2D eigenvalue weighted by molar-refractivity contribution is 7.80. The van der Waals surface area contributed by atoms with Gasteiger partial charge in [-0.05, 0) is 36.6 Å². The molecule has 2 aromatic heterocycles. The molecular formula is C15H11ClN6OS2. The van der Waals surface area contributed by atoms with Gasteiger partial charge in [-0.2, -0.15) is 0 Å². The van der Waals surface area contributed by atoms with Gasteiger partial charge in [0.1, 0.15) is 11.0 Å². The highest BCUT2D eigenvalue weighted by atomic mass is 35.5. The van der Waals surface area contributed by atoms with Crippen molar-refractivity contribution in [3.63, 3.8) is 0 Å². The molecule has 5 N–H and O–H groups in total. The molecule has 0 fully saturated rings. The van der Waals surface area contributed by atoms with Crippen molar-refractivity contribution in [1.82, 2.24) is 25.8 Å². The van der Waals surface area contributed by atoms with Gasteiger partial charge in [-0.25, -0.2) is 10.4 Å². The van der Waals surface area contributed by atoms with Crippen molar-refractivity contribution in [2.24, 2.45) is 0 Å². The summed E-state index contributed by atoms with van der Waals surface area (Å²) in [5.41, 5.74) is 7.29. The Labute approximate surface area is 156 Å². The quantitative estimate of drug-likeness (QED) is 0.322. The smallest absolute Gasteiger partial charge is 0.259 e. The molecule has 0 amide bonds. The van der Waals surface area contributed by atoms with Gasteiger partial charge in [-0.1, -0.05) is 29.8 Å². The third kappa shape index (κ3) is 2.91. The van der Waals surface area contributed by atoms with Crippen LogP contribution in [0.3, 0.4) is 0 Å². The summed E-state index contributed by atoms with van der Waals surface area (Å²) < 4.78 is 0.197. The number of pyridine rings is 1. The lowest BCUT2D eigenvalue weighted by molar-refractivity contribution is 0.577. The lowest BCUT2D eigenvalue weighted by Crippen LogP contribution is -2.40. The van der Waals surface area contributed by atoms with Crippen molar-refractivity contribution in [3.8, 4) is 0 Å². The minimum absolute atomic E-state index is 0.197. The molecule has 0 spiro atoms. The Morgan fingerprint density at radius 1 is 1.16 bits per heavy atom. The molecule has 10 heteroatoms. The van der Waals surface area contributed by atoms with Crippen LogP contribution in [0.1, 0.15) is 17.2 Å². The van der Waals surface area contributed by atoms with Gasteiger partial charge in [0.25, 0.3) is 5.56 Å². The fourth-order valence-electron chi connectivity index (χ4n) is 2.77. The Morgan fingerprint density at radius 3 is 2.80 bits per heavy atom. The van der Waals surface area contributed by atoms with Gasteiger partial charge >= 0.3 is 0 Å². The Hall–Kier alpha value is -2.33. The van der Waals surface area contributed by atoms with Gasteiger partial charge in [-0.15, -0.1) is 0 Å². The van der Waals surface area contributed by atoms with E-state index >= 15 is 0 Å². The van der Waals surface area contributed by atoms with Crippen LogP contribution < -0.4 is 21.7 Å². The number of rotatable bonds is 1. The summed E-state index contributed by atoms with van der Waals surface area (Å²) >= 11 is 16.6. The van der Waals surface area contributed by atoms with Crippen LogP contribution in [-0.2, 0) is 0 Å². The molecule has 126 valence electrons. The van der Waals surface area contributed by atoms with E-state index in [4.69, 9.17) is 36.0 Å². The summed E-state index contributed by atoms with van der Waals surface area (Å²) in [6, 6.07) is 8.90. The summed E-state index contributed by atoms with van der Waals surface area (Å²) in [6.07, 6.45) is 0. The van der Waals surface area contributed by atoms with Gasteiger partial charge in [0.05, 0.1) is 17.1 Å². The topological polar surface area (TPSA) is 97.6 Å². The summed E-state index contributed by atoms with van der Waals surface area (Å²) in [6.45, 7) is 0. The first kappa shape index (κ1) is 16.2. The molecule has 25 heavy (non-hydrogen) atoms. The maximum absolute atomic E-state index is 12.5. The summed E-state index contributed by atoms with van der Waals surface area (Å²) in [5.74, 6) is 0.408. The average Bonchev–Trinajstić information content (AvgIpc) is 2.72. The van der Waals surface area contributed by atoms with E-state index in [1.807, 2.05) is 30.3 Å². The van der Waals surface area contributed by atoms with E-state index in [9.17, 15) is 4.79 Å². The molecular weight excluding hydrogens is 380 g/mol. The second kappa shape index (κ2) is 6.19. The number of anilines is 1. The number of nitrogens with one attached hydrogen (secondary N) is 5. The van der Waals surface area contributed by atoms with Crippen LogP contribution in [0.5, 0.6) is 0 Å². The van der Waals surface area contributed by atoms with Crippen molar-refractivity contribution >= 4 is 57.9 Å². The Bertz CT molecular complexity index is 1120. The van der Waals surface area contributed by atoms with Crippen LogP contribution >= 0.6 is 36.0 Å². The molecule has 7 nitrogen and oxygen atoms in total. The fourth-order valence-corrected chi connectivity index (χ4v) is 3.38. The van der Waals surface area contributed by atoms with E-state index in [0.29, 0.717) is 27.2 Å². The molecule has 0 aliphatic carbocycles. The van der Waals surface area contributed by atoms with Crippen LogP contribution in [0.25, 0.3) is 10.9 Å². The molecule has 3 heterocycles. The van der Waals surface area contributed by atoms with Crippen molar-refractivity contribution in [2.75, 3.05) is 5.32 Å². The number of benzene rings is 1. The molecule has 1 atom stereocenters. The normalized spacial score (nSPS) is 16.7. The standard InChI is InChI=1S/C15H11ClN6OS2/c16-11-7(5-6-3-1-2-4-8(6)17-11)10-9-12(19-15(25)22-21-10)18-14(24)20-13(9)23/h1-5,10,21H,(H4,18,19,20,22,23,24,25). The third-order valence-electron chi connectivity index (χ3n) is 3.85. The van der Waals surface area contributed by atoms with Crippen LogP contribution in [0.4, 0.5) is 5.82 Å². The van der Waals surface area contributed by atoms with E-state index < -0.39 is 6.04 Å². The predicted octanol–water partition coefficient (Wildman–Crippen LogP) is 2.53. The van der Waals surface area contributed by atoms with E-state index in [0.717, 1.165) is 10.9 Å². The molecule has 1 aromatic carbocycles. The van der Waals surface area contributed by atoms with Crippen molar-refractivity contribution in [2.45, 2.75) is 6.04 Å². The average molecular weight is 391 g/mol. The van der Waals surface area contributed by atoms with Crippen LogP contribution in [0, 0.1) is 4.77 Å². The van der Waals surface area contributed by atoms with E-state index in [1.165, 1.54) is 0 Å². The summed E-state index contributed by atoms with van der Waals surface area (Å²) in [4.78, 5) is 22.5. The number of hydrazine groups is 1. The van der Waals surface area contributed by atoms with Gasteiger partial charge in [0.15, 0.2) is 9.88 Å². The maximum atomic E-state index is 12.5. The van der Waals surface area contributed by atoms with Gasteiger partial charge < -0.3 is 10.3 Å². The number of halogens is 1. The molecule has 3 aromatic rings. The second-order valence-electron chi connectivity index (χ2n) is 5.41. The molecule has 1 aliphatic heterocycles. The van der Waals surface area contributed by atoms with E-state index in [1.54, 1.807) is 0 Å². The number of para-hydroxylation sites is 1. The molecule has 4 rings (SSSR count). The molecule has 0 radical (unpaired) electrons. The zero-order valence-corrected chi connectivity index (χ0v) is 14.9. The zero-order chi connectivity index (χ0) is 17.6. The van der Waals surface area contributed by atoms with E-state index in [2.05, 4.69) is 31.1 Å². The van der Waals surface area contributed by atoms with Crippen LogP contribution in [-0.4, -0.2) is 20.1 Å². The SMILES string of the molecule is O=c1[nH]c(=S)[nH]c2c1C(c1cc3ccccc3nc1Cl)NNC(=S)N2. The monoisotopic (exact) mass is 390 g/mol. The lowest BCUT2D eigenvalue weighted by atomic mass is 10.0. The number of hydrogen-bond acceptors (Lipinski definition) is 5. The first-order valence-electron chi connectivity index (χ1n) is 7.27. The Balaban J connectivity index is 1.97. The van der Waals surface area contributed by atoms with Crippen LogP contribution in [0.2, 0.25) is 5.15 Å². The van der Waals surface area contributed by atoms with Crippen LogP contribution in [0.15, 0.2) is 35.1 Å². The highest BCUT2D eigenvalue weighted by Crippen LogP contribution is 2.31. The third-order valence-corrected chi connectivity index (χ3v) is 4.56. The minimum Gasteiger partial charge on any atom is -0.318 e. The van der Waals surface area contributed by atoms with Crippen molar-refractivity contribution < 1.29 is 0 Å². The first-order valence-corrected chi connectivity index (χ1v) is 8.46. The lowest BCUT2D eigenvalue weighted by Gasteiger charge is -2.18. The Morgan fingerprint density at radius 2 is 1.96 bits per heavy atom. The molecule has 0 saturated carbocycles. The van der Waals surface area contributed by atoms with Gasteiger partial charge in [-0.3, -0.25) is 15.2 Å². The Kier molecular flexibility index (Phi) is 4.00. The molecule has 1 aliphatic rings. The van der Waals surface area contributed by atoms with Crippen molar-refractivity contribution in [1.29, 1.82) is 0 Å². The number of H-pyrrole nitrogens is 2. The number of thiocarbonyl (C=S) groups is 1. The van der Waals surface area contributed by atoms with Gasteiger partial charge in [0, 0.05) is 10.9 Å². The van der Waals surface area contributed by atoms with Crippen molar-refractivity contribution in [3.05, 3.63) is 61.7 Å². The van der Waals surface area contributed by atoms with Gasteiger partial charge in [0.2, 0.25) is 0 Å². The molecule has 0 saturated heterocycles. The number of hydrogen-bond donors (Lipinski definition) is 5. The highest BCUT2D eigenvalue weighted by Gasteiger charge is 2.28. The minimum atomic E-state index is -0.594. The maximum Gasteiger partial charge on any atom is 0.259 e. The summed E-state index contributed by atoms with van der Waals surface area (Å²) in [7, 11) is 0. The predicted molar refractivity (Wildman–Crippen MR) is 103 cm³/mol. The van der Waals surface area contributed by atoms with E-state index in [-0.39, 0.29) is 10.3 Å². The number of fused-ring (bicyclic) bond motifs is 2. The molecule has 1 unspecified atom stereocenters. The second-order valence-corrected chi connectivity index (χ2v) is 6.59. The molecule has 0 bridgehead atoms. The first-order chi connectivity index (χ1) is 12.0.